The summed E-state index contributed by atoms with van der Waals surface area (Å²) in [6.07, 6.45) is 2.46. The molecule has 0 saturated heterocycles. The molecule has 0 radical (unpaired) electrons. The largest absolute Gasteiger partial charge is 0.463 e. The first kappa shape index (κ1) is 6.34. The van der Waals surface area contributed by atoms with Crippen LogP contribution in [0.5, 0.6) is 0 Å². The van der Waals surface area contributed by atoms with Gasteiger partial charge >= 0.3 is 0 Å². The molecule has 2 heterocycles. The van der Waals surface area contributed by atoms with Crippen LogP contribution < -0.4 is 0 Å². The third-order valence-electron chi connectivity index (χ3n) is 1.57. The van der Waals surface area contributed by atoms with Crippen LogP contribution in [-0.4, -0.2) is 11.4 Å². The average Bonchev–Trinajstić information content (AvgIpc) is 2.55. The zero-order chi connectivity index (χ0) is 7.68. The van der Waals surface area contributed by atoms with E-state index >= 15 is 0 Å². The van der Waals surface area contributed by atoms with Gasteiger partial charge in [-0.2, -0.15) is 10.2 Å². The van der Waals surface area contributed by atoms with E-state index < -0.39 is 0 Å². The summed E-state index contributed by atoms with van der Waals surface area (Å²) in [7, 11) is 0. The lowest BCUT2D eigenvalue weighted by atomic mass is 10.2. The Hall–Kier alpha value is -1.38. The van der Waals surface area contributed by atoms with Gasteiger partial charge in [0.1, 0.15) is 11.5 Å². The second-order valence-corrected chi connectivity index (χ2v) is 2.54. The summed E-state index contributed by atoms with van der Waals surface area (Å²) in [6.45, 7) is 1.96. The molecule has 56 valence electrons. The minimum absolute atomic E-state index is 0.813. The summed E-state index contributed by atoms with van der Waals surface area (Å²) in [5.41, 5.74) is 1.96. The first-order chi connectivity index (χ1) is 5.36. The van der Waals surface area contributed by atoms with Crippen molar-refractivity contribution < 1.29 is 4.42 Å². The first-order valence-electron chi connectivity index (χ1n) is 3.50. The molecule has 3 nitrogen and oxygen atoms in total. The van der Waals surface area contributed by atoms with Crippen molar-refractivity contribution in [3.63, 3.8) is 0 Å². The molecule has 1 aromatic heterocycles. The van der Waals surface area contributed by atoms with Gasteiger partial charge in [0.05, 0.1) is 6.26 Å². The van der Waals surface area contributed by atoms with Crippen molar-refractivity contribution >= 4 is 11.4 Å². The van der Waals surface area contributed by atoms with Crippen LogP contribution in [0.3, 0.4) is 0 Å². The van der Waals surface area contributed by atoms with Crippen LogP contribution in [0, 0.1) is 0 Å². The fraction of sp³-hybridized carbons (Fsp3) is 0.250. The van der Waals surface area contributed by atoms with E-state index in [0.717, 1.165) is 23.6 Å². The van der Waals surface area contributed by atoms with Crippen molar-refractivity contribution in [2.45, 2.75) is 13.3 Å². The molecule has 3 heteroatoms. The Balaban J connectivity index is 2.23. The molecule has 11 heavy (non-hydrogen) atoms. The van der Waals surface area contributed by atoms with Crippen LogP contribution in [0.25, 0.3) is 0 Å². The second-order valence-electron chi connectivity index (χ2n) is 2.54. The topological polar surface area (TPSA) is 37.9 Å². The summed E-state index contributed by atoms with van der Waals surface area (Å²) in [6, 6.07) is 3.75. The highest BCUT2D eigenvalue weighted by Crippen LogP contribution is 2.11. The average molecular weight is 148 g/mol. The Labute approximate surface area is 64.4 Å². The van der Waals surface area contributed by atoms with Gasteiger partial charge in [0.2, 0.25) is 0 Å². The highest BCUT2D eigenvalue weighted by Gasteiger charge is 2.12. The lowest BCUT2D eigenvalue weighted by Gasteiger charge is -1.90. The van der Waals surface area contributed by atoms with E-state index in [1.54, 1.807) is 6.26 Å². The fourth-order valence-electron chi connectivity index (χ4n) is 1.04. The molecular weight excluding hydrogens is 140 g/mol. The van der Waals surface area contributed by atoms with Crippen molar-refractivity contribution in [3.05, 3.63) is 24.2 Å². The Morgan fingerprint density at radius 1 is 1.45 bits per heavy atom. The van der Waals surface area contributed by atoms with Crippen molar-refractivity contribution in [2.24, 2.45) is 10.2 Å². The van der Waals surface area contributed by atoms with Gasteiger partial charge in [-0.05, 0) is 19.1 Å². The molecule has 0 aromatic carbocycles. The van der Waals surface area contributed by atoms with E-state index in [2.05, 4.69) is 10.2 Å². The van der Waals surface area contributed by atoms with Gasteiger partial charge in [-0.15, -0.1) is 0 Å². The van der Waals surface area contributed by atoms with Crippen molar-refractivity contribution in [1.29, 1.82) is 0 Å². The molecule has 1 aliphatic heterocycles. The molecule has 0 saturated carbocycles. The van der Waals surface area contributed by atoms with Gasteiger partial charge < -0.3 is 4.42 Å². The number of hydrogen-bond acceptors (Lipinski definition) is 3. The molecule has 1 aromatic rings. The minimum atomic E-state index is 0.813. The third-order valence-corrected chi connectivity index (χ3v) is 1.57. The molecule has 0 fully saturated rings. The van der Waals surface area contributed by atoms with E-state index in [4.69, 9.17) is 4.42 Å². The highest BCUT2D eigenvalue weighted by atomic mass is 16.3. The smallest absolute Gasteiger partial charge is 0.150 e. The number of rotatable bonds is 1. The van der Waals surface area contributed by atoms with E-state index in [1.165, 1.54) is 0 Å². The maximum absolute atomic E-state index is 5.16. The van der Waals surface area contributed by atoms with Gasteiger partial charge in [0, 0.05) is 12.1 Å². The lowest BCUT2D eigenvalue weighted by Crippen LogP contribution is -1.98. The van der Waals surface area contributed by atoms with E-state index in [9.17, 15) is 0 Å². The fourth-order valence-corrected chi connectivity index (χ4v) is 1.04. The zero-order valence-electron chi connectivity index (χ0n) is 6.24. The normalized spacial score (nSPS) is 16.5. The third kappa shape index (κ3) is 1.09. The number of hydrogen-bond donors (Lipinski definition) is 0. The predicted octanol–water partition coefficient (Wildman–Crippen LogP) is 1.85. The van der Waals surface area contributed by atoms with E-state index in [0.29, 0.717) is 0 Å². The molecule has 0 aliphatic carbocycles. The summed E-state index contributed by atoms with van der Waals surface area (Å²) in [5, 5.41) is 7.89. The van der Waals surface area contributed by atoms with Crippen LogP contribution in [0.15, 0.2) is 33.0 Å². The van der Waals surface area contributed by atoms with Gasteiger partial charge in [-0.25, -0.2) is 0 Å². The van der Waals surface area contributed by atoms with Crippen LogP contribution in [0.2, 0.25) is 0 Å². The van der Waals surface area contributed by atoms with Crippen molar-refractivity contribution in [2.75, 3.05) is 0 Å². The summed E-state index contributed by atoms with van der Waals surface area (Å²) < 4.78 is 5.16. The molecule has 1 aliphatic rings. The van der Waals surface area contributed by atoms with Crippen LogP contribution in [0.1, 0.15) is 19.1 Å². The zero-order valence-corrected chi connectivity index (χ0v) is 6.24. The Kier molecular flexibility index (Phi) is 1.35. The summed E-state index contributed by atoms with van der Waals surface area (Å²) in [5.74, 6) is 0.825. The molecule has 0 unspecified atom stereocenters. The molecule has 0 bridgehead atoms. The van der Waals surface area contributed by atoms with Crippen LogP contribution >= 0.6 is 0 Å². The summed E-state index contributed by atoms with van der Waals surface area (Å²) in [4.78, 5) is 0. The molecule has 0 atom stereocenters. The van der Waals surface area contributed by atoms with Crippen molar-refractivity contribution in [3.8, 4) is 0 Å². The maximum atomic E-state index is 5.16. The van der Waals surface area contributed by atoms with Gasteiger partial charge in [-0.3, -0.25) is 0 Å². The summed E-state index contributed by atoms with van der Waals surface area (Å²) >= 11 is 0. The Morgan fingerprint density at radius 3 is 2.91 bits per heavy atom. The first-order valence-corrected chi connectivity index (χ1v) is 3.50. The second kappa shape index (κ2) is 2.34. The Bertz CT molecular complexity index is 309. The van der Waals surface area contributed by atoms with E-state index in [1.807, 2.05) is 19.1 Å². The molecule has 0 N–H and O–H groups in total. The Morgan fingerprint density at radius 2 is 2.36 bits per heavy atom. The van der Waals surface area contributed by atoms with Gasteiger partial charge in [0.25, 0.3) is 0 Å². The lowest BCUT2D eigenvalue weighted by molar-refractivity contribution is 0.557. The SMILES string of the molecule is CC1=NN=C(c2ccco2)C1. The van der Waals surface area contributed by atoms with Crippen LogP contribution in [0.4, 0.5) is 0 Å². The minimum Gasteiger partial charge on any atom is -0.463 e. The molecule has 2 rings (SSSR count). The standard InChI is InChI=1S/C8H8N2O/c1-6-5-7(10-9-6)8-3-2-4-11-8/h2-4H,5H2,1H3. The number of furan rings is 1. The quantitative estimate of drug-likeness (QED) is 0.598. The van der Waals surface area contributed by atoms with Crippen LogP contribution in [-0.2, 0) is 0 Å². The highest BCUT2D eigenvalue weighted by molar-refractivity contribution is 6.13. The van der Waals surface area contributed by atoms with Gasteiger partial charge in [0.15, 0.2) is 0 Å². The van der Waals surface area contributed by atoms with Gasteiger partial charge in [-0.1, -0.05) is 0 Å². The molecular formula is C8H8N2O. The van der Waals surface area contributed by atoms with E-state index in [-0.39, 0.29) is 0 Å². The van der Waals surface area contributed by atoms with Crippen molar-refractivity contribution in [1.82, 2.24) is 0 Å². The maximum Gasteiger partial charge on any atom is 0.150 e. The monoisotopic (exact) mass is 148 g/mol. The predicted molar refractivity (Wildman–Crippen MR) is 43.0 cm³/mol. The number of nitrogens with zero attached hydrogens (tertiary/aromatic N) is 2. The molecule has 0 spiro atoms. The molecule has 0 amide bonds.